The Kier molecular flexibility index (Phi) is 2.55. The van der Waals surface area contributed by atoms with E-state index in [9.17, 15) is 9.18 Å². The number of hydrogen-bond donors (Lipinski definition) is 2. The molecule has 0 saturated carbocycles. The molecule has 0 fully saturated rings. The maximum atomic E-state index is 13.3. The van der Waals surface area contributed by atoms with Crippen molar-refractivity contribution in [2.24, 2.45) is 0 Å². The highest BCUT2D eigenvalue weighted by Crippen LogP contribution is 2.14. The van der Waals surface area contributed by atoms with Gasteiger partial charge in [0.25, 0.3) is 5.91 Å². The molecule has 1 amide bonds. The van der Waals surface area contributed by atoms with Crippen molar-refractivity contribution in [3.05, 3.63) is 42.0 Å². The van der Waals surface area contributed by atoms with Crippen LogP contribution in [0.5, 0.6) is 0 Å². The molecular formula is C10H8FN3O2. The van der Waals surface area contributed by atoms with Crippen LogP contribution in [0.15, 0.2) is 35.2 Å². The summed E-state index contributed by atoms with van der Waals surface area (Å²) in [6.45, 7) is 0. The van der Waals surface area contributed by atoms with Gasteiger partial charge in [0.05, 0.1) is 11.8 Å². The Balaban J connectivity index is 2.21. The zero-order valence-corrected chi connectivity index (χ0v) is 8.11. The first kappa shape index (κ1) is 10.2. The van der Waals surface area contributed by atoms with Crippen LogP contribution in [0.4, 0.5) is 15.8 Å². The van der Waals surface area contributed by atoms with Crippen molar-refractivity contribution in [1.82, 2.24) is 5.16 Å². The number of rotatable bonds is 2. The van der Waals surface area contributed by atoms with Crippen molar-refractivity contribution in [2.75, 3.05) is 11.1 Å². The molecule has 0 aliphatic rings. The van der Waals surface area contributed by atoms with Crippen molar-refractivity contribution in [3.8, 4) is 0 Å². The van der Waals surface area contributed by atoms with E-state index in [1.165, 1.54) is 24.6 Å². The van der Waals surface area contributed by atoms with E-state index in [4.69, 9.17) is 5.73 Å². The molecule has 3 N–H and O–H groups in total. The number of halogens is 1. The van der Waals surface area contributed by atoms with Crippen molar-refractivity contribution < 1.29 is 13.7 Å². The number of benzene rings is 1. The fraction of sp³-hybridized carbons (Fsp3) is 0. The summed E-state index contributed by atoms with van der Waals surface area (Å²) in [5, 5.41) is 5.82. The van der Waals surface area contributed by atoms with Crippen LogP contribution in [-0.2, 0) is 0 Å². The van der Waals surface area contributed by atoms with Gasteiger partial charge in [0, 0.05) is 5.69 Å². The van der Waals surface area contributed by atoms with E-state index in [1.807, 2.05) is 0 Å². The summed E-state index contributed by atoms with van der Waals surface area (Å²) in [6.07, 6.45) is 2.56. The van der Waals surface area contributed by atoms with Crippen LogP contribution in [0.1, 0.15) is 10.4 Å². The average molecular weight is 221 g/mol. The number of amides is 1. The largest absolute Gasteiger partial charge is 0.399 e. The third kappa shape index (κ3) is 2.00. The average Bonchev–Trinajstić information content (AvgIpc) is 2.70. The Hall–Kier alpha value is -2.37. The number of anilines is 2. The van der Waals surface area contributed by atoms with E-state index in [0.717, 1.165) is 6.07 Å². The highest BCUT2D eigenvalue weighted by atomic mass is 19.1. The predicted molar refractivity (Wildman–Crippen MR) is 55.3 cm³/mol. The van der Waals surface area contributed by atoms with Gasteiger partial charge in [-0.1, -0.05) is 5.16 Å². The van der Waals surface area contributed by atoms with Gasteiger partial charge in [0.15, 0.2) is 0 Å². The summed E-state index contributed by atoms with van der Waals surface area (Å²) in [6, 6.07) is 3.85. The number of nitrogens with two attached hydrogens (primary N) is 1. The minimum Gasteiger partial charge on any atom is -0.399 e. The van der Waals surface area contributed by atoms with Crippen molar-refractivity contribution >= 4 is 17.3 Å². The van der Waals surface area contributed by atoms with Gasteiger partial charge < -0.3 is 15.6 Å². The minimum absolute atomic E-state index is 0.0876. The number of nitrogens with one attached hydrogen (secondary N) is 1. The molecule has 0 aliphatic heterocycles. The zero-order chi connectivity index (χ0) is 11.5. The Labute approximate surface area is 90.0 Å². The highest BCUT2D eigenvalue weighted by molar-refractivity contribution is 6.04. The number of hydrogen-bond acceptors (Lipinski definition) is 4. The molecule has 5 nitrogen and oxygen atoms in total. The first-order valence-electron chi connectivity index (χ1n) is 4.42. The molecule has 6 heteroatoms. The topological polar surface area (TPSA) is 81.2 Å². The quantitative estimate of drug-likeness (QED) is 0.755. The number of carbonyl (C=O) groups is 1. The van der Waals surface area contributed by atoms with E-state index in [0.29, 0.717) is 5.69 Å². The van der Waals surface area contributed by atoms with E-state index in [1.54, 1.807) is 0 Å². The lowest BCUT2D eigenvalue weighted by atomic mass is 10.2. The second-order valence-electron chi connectivity index (χ2n) is 3.11. The van der Waals surface area contributed by atoms with Gasteiger partial charge in [0.1, 0.15) is 17.8 Å². The van der Waals surface area contributed by atoms with Gasteiger partial charge in [0.2, 0.25) is 0 Å². The standard InChI is InChI=1S/C10H8FN3O2/c11-9-3-6(12)1-2-8(9)10(15)14-7-4-13-16-5-7/h1-5H,12H2,(H,14,15). The molecule has 1 aromatic heterocycles. The highest BCUT2D eigenvalue weighted by Gasteiger charge is 2.12. The second kappa shape index (κ2) is 4.01. The Morgan fingerprint density at radius 1 is 1.50 bits per heavy atom. The summed E-state index contributed by atoms with van der Waals surface area (Å²) >= 11 is 0. The lowest BCUT2D eigenvalue weighted by Gasteiger charge is -2.03. The number of aromatic nitrogens is 1. The summed E-state index contributed by atoms with van der Waals surface area (Å²) in [4.78, 5) is 11.6. The second-order valence-corrected chi connectivity index (χ2v) is 3.11. The third-order valence-electron chi connectivity index (χ3n) is 1.93. The lowest BCUT2D eigenvalue weighted by Crippen LogP contribution is -2.13. The van der Waals surface area contributed by atoms with Crippen LogP contribution in [0.25, 0.3) is 0 Å². The molecule has 0 saturated heterocycles. The molecule has 0 unspecified atom stereocenters. The molecule has 0 aliphatic carbocycles. The fourth-order valence-corrected chi connectivity index (χ4v) is 1.18. The fourth-order valence-electron chi connectivity index (χ4n) is 1.18. The van der Waals surface area contributed by atoms with Crippen molar-refractivity contribution in [1.29, 1.82) is 0 Å². The molecule has 16 heavy (non-hydrogen) atoms. The van der Waals surface area contributed by atoms with Gasteiger partial charge >= 0.3 is 0 Å². The van der Waals surface area contributed by atoms with Crippen LogP contribution < -0.4 is 11.1 Å². The lowest BCUT2D eigenvalue weighted by molar-refractivity contribution is 0.102. The van der Waals surface area contributed by atoms with Crippen LogP contribution in [0.3, 0.4) is 0 Å². The van der Waals surface area contributed by atoms with E-state index in [2.05, 4.69) is 15.0 Å². The molecule has 82 valence electrons. The first-order chi connectivity index (χ1) is 7.66. The molecule has 0 bridgehead atoms. The normalized spacial score (nSPS) is 10.1. The molecule has 0 atom stereocenters. The maximum Gasteiger partial charge on any atom is 0.258 e. The summed E-state index contributed by atoms with van der Waals surface area (Å²) in [7, 11) is 0. The zero-order valence-electron chi connectivity index (χ0n) is 8.11. The molecule has 0 spiro atoms. The van der Waals surface area contributed by atoms with Gasteiger partial charge in [-0.2, -0.15) is 0 Å². The van der Waals surface area contributed by atoms with Gasteiger partial charge in [-0.3, -0.25) is 4.79 Å². The smallest absolute Gasteiger partial charge is 0.258 e. The number of carbonyl (C=O) groups excluding carboxylic acids is 1. The monoisotopic (exact) mass is 221 g/mol. The van der Waals surface area contributed by atoms with Crippen LogP contribution in [0, 0.1) is 5.82 Å². The molecule has 2 aromatic rings. The Morgan fingerprint density at radius 3 is 2.94 bits per heavy atom. The number of nitrogen functional groups attached to an aromatic ring is 1. The summed E-state index contributed by atoms with van der Waals surface area (Å²) < 4.78 is 17.9. The molecular weight excluding hydrogens is 213 g/mol. The van der Waals surface area contributed by atoms with Crippen molar-refractivity contribution in [3.63, 3.8) is 0 Å². The van der Waals surface area contributed by atoms with E-state index in [-0.39, 0.29) is 11.3 Å². The summed E-state index contributed by atoms with van der Waals surface area (Å²) in [5.41, 5.74) is 5.90. The van der Waals surface area contributed by atoms with Crippen molar-refractivity contribution in [2.45, 2.75) is 0 Å². The van der Waals surface area contributed by atoms with E-state index < -0.39 is 11.7 Å². The minimum atomic E-state index is -0.672. The molecule has 1 aromatic carbocycles. The van der Waals surface area contributed by atoms with Crippen LogP contribution >= 0.6 is 0 Å². The molecule has 1 heterocycles. The van der Waals surface area contributed by atoms with Crippen LogP contribution in [0.2, 0.25) is 0 Å². The van der Waals surface area contributed by atoms with E-state index >= 15 is 0 Å². The molecule has 2 rings (SSSR count). The number of nitrogens with zero attached hydrogens (tertiary/aromatic N) is 1. The van der Waals surface area contributed by atoms with Gasteiger partial charge in [-0.05, 0) is 18.2 Å². The summed E-state index contributed by atoms with van der Waals surface area (Å²) in [5.74, 6) is -1.25. The van der Waals surface area contributed by atoms with Gasteiger partial charge in [-0.25, -0.2) is 4.39 Å². The third-order valence-corrected chi connectivity index (χ3v) is 1.93. The first-order valence-corrected chi connectivity index (χ1v) is 4.42. The molecule has 0 radical (unpaired) electrons. The Bertz CT molecular complexity index is 511. The Morgan fingerprint density at radius 2 is 2.31 bits per heavy atom. The van der Waals surface area contributed by atoms with Crippen LogP contribution in [-0.4, -0.2) is 11.1 Å². The maximum absolute atomic E-state index is 13.3. The SMILES string of the molecule is Nc1ccc(C(=O)Nc2cnoc2)c(F)c1. The van der Waals surface area contributed by atoms with Gasteiger partial charge in [-0.15, -0.1) is 0 Å². The predicted octanol–water partition coefficient (Wildman–Crippen LogP) is 1.65.